The second kappa shape index (κ2) is 41.2. The number of nitrogens with one attached hydrogen (secondary N) is 6. The Hall–Kier alpha value is -7.56. The summed E-state index contributed by atoms with van der Waals surface area (Å²) in [6, 6.07) is 3.42. The lowest BCUT2D eigenvalue weighted by molar-refractivity contribution is -0.148. The van der Waals surface area contributed by atoms with Crippen LogP contribution in [0, 0.1) is 0 Å². The highest BCUT2D eigenvalue weighted by atomic mass is 32.2. The number of aliphatic hydroxyl groups is 1. The average Bonchev–Trinajstić information content (AvgIpc) is 1.68. The van der Waals surface area contributed by atoms with Crippen molar-refractivity contribution >= 4 is 112 Å². The van der Waals surface area contributed by atoms with E-state index in [1.165, 1.54) is 52.0 Å². The standard InChI is InChI=1S/C66H95N11O19S3/c1-3-4-6-15-54(80)68-48-39-98-37-44-30-43(36-97-29-20-67-53(79)18-17-52(66(95)96)75-27-25-73(34-56(83)84)23-24-74(26-28-75)35-57(85)86)31-45(32-44)38-99-40-49(65(93)94)71-60(88)47(33-42-11-7-5-8-12-42)70-59(87)46(16-19-55(81)82)69-62(90)58(41(2)78)72-61(89)50-13-9-21-76(50)64(92)51-14-10-22-77(51)63(48)91/h5,7-8,11-12,30-32,41,46-52,58,78H,3-4,6,9-10,13-29,33-40H2,1-2H3,(H,67,79)(H,68,80)(H,69,90)(H,70,87)(H,71,88)(H,72,89)(H,81,82)(H,83,84)(H,85,86)(H,93,94)(H,95,96)/t41-,46+,47+,48+,49?,50+,51+,52?,58+/m1/s1. The highest BCUT2D eigenvalue weighted by Crippen LogP contribution is 2.29. The fourth-order valence-electron chi connectivity index (χ4n) is 12.3. The molecule has 30 nitrogen and oxygen atoms in total. The van der Waals surface area contributed by atoms with E-state index in [9.17, 15) is 93.0 Å². The summed E-state index contributed by atoms with van der Waals surface area (Å²) in [6.07, 6.45) is 0.370. The predicted molar refractivity (Wildman–Crippen MR) is 368 cm³/mol. The minimum Gasteiger partial charge on any atom is -0.481 e. The second-order valence-corrected chi connectivity index (χ2v) is 28.4. The van der Waals surface area contributed by atoms with Crippen molar-refractivity contribution in [3.8, 4) is 0 Å². The highest BCUT2D eigenvalue weighted by molar-refractivity contribution is 7.99. The first-order chi connectivity index (χ1) is 47.3. The summed E-state index contributed by atoms with van der Waals surface area (Å²) < 4.78 is 0. The van der Waals surface area contributed by atoms with E-state index < -0.39 is 138 Å². The van der Waals surface area contributed by atoms with Crippen LogP contribution in [0.5, 0.6) is 0 Å². The molecule has 6 rings (SSSR count). The molecule has 3 fully saturated rings. The maximum absolute atomic E-state index is 14.8. The third-order valence-electron chi connectivity index (χ3n) is 17.5. The van der Waals surface area contributed by atoms with Crippen molar-refractivity contribution in [1.82, 2.24) is 56.4 Å². The number of unbranched alkanes of at least 4 members (excludes halogenated alkanes) is 2. The van der Waals surface area contributed by atoms with Crippen LogP contribution in [0.15, 0.2) is 48.5 Å². The Balaban J connectivity index is 1.25. The van der Waals surface area contributed by atoms with Gasteiger partial charge in [-0.1, -0.05) is 68.3 Å². The van der Waals surface area contributed by atoms with Crippen LogP contribution in [-0.4, -0.2) is 276 Å². The van der Waals surface area contributed by atoms with Gasteiger partial charge in [-0.3, -0.25) is 72.2 Å². The lowest BCUT2D eigenvalue weighted by Gasteiger charge is -2.33. The summed E-state index contributed by atoms with van der Waals surface area (Å²) in [7, 11) is 0. The molecule has 0 saturated carbocycles. The van der Waals surface area contributed by atoms with E-state index in [0.717, 1.165) is 29.5 Å². The normalized spacial score (nSPS) is 23.4. The molecule has 2 bridgehead atoms. The summed E-state index contributed by atoms with van der Waals surface area (Å²) in [5.41, 5.74) is 2.93. The third-order valence-corrected chi connectivity index (χ3v) is 20.7. The summed E-state index contributed by atoms with van der Waals surface area (Å²) in [5, 5.41) is 76.4. The van der Waals surface area contributed by atoms with Gasteiger partial charge in [0.05, 0.1) is 19.2 Å². The Morgan fingerprint density at radius 3 is 1.82 bits per heavy atom. The molecule has 0 aromatic heterocycles. The second-order valence-electron chi connectivity index (χ2n) is 25.2. The number of fused-ring (bicyclic) bond motifs is 4. The van der Waals surface area contributed by atoms with Crippen LogP contribution in [-0.2, 0) is 86.0 Å². The molecule has 4 aliphatic rings. The molecule has 0 aliphatic carbocycles. The van der Waals surface area contributed by atoms with Gasteiger partial charge in [-0.15, -0.1) is 0 Å². The molecular formula is C66H95N11O19S3. The molecule has 2 unspecified atom stereocenters. The summed E-state index contributed by atoms with van der Waals surface area (Å²) in [5.74, 6) is -10.5. The number of aliphatic carboxylic acids is 5. The van der Waals surface area contributed by atoms with E-state index in [4.69, 9.17) is 0 Å². The molecule has 4 heterocycles. The van der Waals surface area contributed by atoms with Crippen molar-refractivity contribution in [2.45, 2.75) is 169 Å². The van der Waals surface area contributed by atoms with E-state index in [1.54, 1.807) is 45.0 Å². The molecule has 3 saturated heterocycles. The number of carboxylic acid groups (broad SMARTS) is 5. The Kier molecular flexibility index (Phi) is 33.5. The first-order valence-electron chi connectivity index (χ1n) is 33.6. The topological polar surface area (TPSA) is 432 Å². The zero-order chi connectivity index (χ0) is 72.1. The molecule has 4 aliphatic heterocycles. The summed E-state index contributed by atoms with van der Waals surface area (Å²) in [6.45, 7) is 4.36. The maximum atomic E-state index is 14.8. The van der Waals surface area contributed by atoms with Crippen molar-refractivity contribution in [1.29, 1.82) is 0 Å². The van der Waals surface area contributed by atoms with Crippen molar-refractivity contribution in [3.05, 3.63) is 70.8 Å². The quantitative estimate of drug-likeness (QED) is 0.0567. The maximum Gasteiger partial charge on any atom is 0.327 e. The zero-order valence-corrected chi connectivity index (χ0v) is 58.4. The van der Waals surface area contributed by atoms with Crippen molar-refractivity contribution < 1.29 is 93.0 Å². The molecule has 2 aromatic rings. The van der Waals surface area contributed by atoms with Gasteiger partial charge in [-0.05, 0) is 74.1 Å². The van der Waals surface area contributed by atoms with Crippen LogP contribution >= 0.6 is 35.3 Å². The fourth-order valence-corrected chi connectivity index (χ4v) is 15.1. The minimum absolute atomic E-state index is 0.0730. The SMILES string of the molecule is CCCCCC(=O)N[C@H]1CSCc2cc(CSCCNC(=O)CCC(C(=O)O)N3CCN(CC(=O)O)CCN(CC(=O)O)CC3)cc(c2)CSCC(C(=O)O)NC(=O)[C@H](Cc2ccccc2)NC(=O)[C@H](CCC(=O)O)NC(=O)[C@H]([C@@H](C)O)NC(=O)[C@@H]2CCCN2C(=O)[C@@H]2CCCN2C1=O. The van der Waals surface area contributed by atoms with E-state index in [1.807, 2.05) is 25.1 Å². The van der Waals surface area contributed by atoms with Crippen LogP contribution < -0.4 is 31.9 Å². The van der Waals surface area contributed by atoms with E-state index in [-0.39, 0.29) is 134 Å². The Labute approximate surface area is 588 Å². The number of thioether (sulfide) groups is 3. The number of hydrogen-bond donors (Lipinski definition) is 12. The van der Waals surface area contributed by atoms with Gasteiger partial charge < -0.3 is 72.3 Å². The predicted octanol–water partition coefficient (Wildman–Crippen LogP) is 0.397. The molecule has 9 atom stereocenters. The number of amides is 8. The largest absolute Gasteiger partial charge is 0.481 e. The molecule has 99 heavy (non-hydrogen) atoms. The number of carbonyl (C=O) groups is 13. The molecule has 2 aromatic carbocycles. The number of aliphatic hydroxyl groups excluding tert-OH is 1. The third kappa shape index (κ3) is 26.8. The van der Waals surface area contributed by atoms with Crippen LogP contribution in [0.25, 0.3) is 0 Å². The van der Waals surface area contributed by atoms with Crippen LogP contribution in [0.1, 0.15) is 113 Å². The van der Waals surface area contributed by atoms with Crippen LogP contribution in [0.4, 0.5) is 0 Å². The molecule has 546 valence electrons. The monoisotopic (exact) mass is 1440 g/mol. The number of benzene rings is 2. The highest BCUT2D eigenvalue weighted by Gasteiger charge is 2.45. The summed E-state index contributed by atoms with van der Waals surface area (Å²) in [4.78, 5) is 182. The van der Waals surface area contributed by atoms with Gasteiger partial charge in [-0.2, -0.15) is 35.3 Å². The fraction of sp³-hybridized carbons (Fsp3) is 0.621. The van der Waals surface area contributed by atoms with Crippen LogP contribution in [0.2, 0.25) is 0 Å². The number of hydrogen-bond acceptors (Lipinski definition) is 20. The zero-order valence-electron chi connectivity index (χ0n) is 56.0. The Morgan fingerprint density at radius 2 is 1.22 bits per heavy atom. The first kappa shape index (κ1) is 80.4. The Morgan fingerprint density at radius 1 is 0.626 bits per heavy atom. The van der Waals surface area contributed by atoms with Gasteiger partial charge in [0.1, 0.15) is 48.3 Å². The van der Waals surface area contributed by atoms with Gasteiger partial charge in [0.15, 0.2) is 0 Å². The van der Waals surface area contributed by atoms with Gasteiger partial charge in [0.2, 0.25) is 47.3 Å². The van der Waals surface area contributed by atoms with Gasteiger partial charge >= 0.3 is 29.8 Å². The lowest BCUT2D eigenvalue weighted by atomic mass is 10.0. The molecule has 12 N–H and O–H groups in total. The van der Waals surface area contributed by atoms with Gasteiger partial charge in [0.25, 0.3) is 0 Å². The molecule has 0 spiro atoms. The Bertz CT molecular complexity index is 3110. The first-order valence-corrected chi connectivity index (χ1v) is 37.0. The number of rotatable bonds is 26. The number of carboxylic acids is 5. The van der Waals surface area contributed by atoms with Gasteiger partial charge in [0, 0.05) is 119 Å². The number of nitrogens with zero attached hydrogens (tertiary/aromatic N) is 5. The molecule has 8 amide bonds. The van der Waals surface area contributed by atoms with E-state index in [2.05, 4.69) is 31.9 Å². The molecular weight excluding hydrogens is 1350 g/mol. The minimum atomic E-state index is -1.75. The average molecular weight is 1440 g/mol. The summed E-state index contributed by atoms with van der Waals surface area (Å²) >= 11 is 4.02. The van der Waals surface area contributed by atoms with Crippen molar-refractivity contribution in [2.75, 3.05) is 89.3 Å². The van der Waals surface area contributed by atoms with E-state index >= 15 is 0 Å². The lowest BCUT2D eigenvalue weighted by Crippen LogP contribution is -2.61. The molecule has 33 heteroatoms. The van der Waals surface area contributed by atoms with Crippen molar-refractivity contribution in [2.24, 2.45) is 0 Å². The molecule has 0 radical (unpaired) electrons. The van der Waals surface area contributed by atoms with Gasteiger partial charge in [-0.25, -0.2) is 4.79 Å². The van der Waals surface area contributed by atoms with Crippen LogP contribution in [0.3, 0.4) is 0 Å². The van der Waals surface area contributed by atoms with Crippen molar-refractivity contribution in [3.63, 3.8) is 0 Å². The number of carbonyl (C=O) groups excluding carboxylic acids is 8. The smallest absolute Gasteiger partial charge is 0.327 e. The van der Waals surface area contributed by atoms with E-state index in [0.29, 0.717) is 42.1 Å².